The van der Waals surface area contributed by atoms with Crippen LogP contribution in [0.2, 0.25) is 0 Å². The summed E-state index contributed by atoms with van der Waals surface area (Å²) >= 11 is 0. The van der Waals surface area contributed by atoms with E-state index in [0.29, 0.717) is 16.5 Å². The number of esters is 10. The molecule has 0 bridgehead atoms. The van der Waals surface area contributed by atoms with Gasteiger partial charge in [0.15, 0.2) is 24.4 Å². The maximum atomic E-state index is 12.9. The fourth-order valence-corrected chi connectivity index (χ4v) is 8.02. The number of hydrogen-bond donors (Lipinski definition) is 1. The van der Waals surface area contributed by atoms with E-state index in [0.717, 1.165) is 73.8 Å². The van der Waals surface area contributed by atoms with Crippen molar-refractivity contribution in [3.8, 4) is 22.5 Å². The van der Waals surface area contributed by atoms with Crippen molar-refractivity contribution in [1.82, 2.24) is 4.58 Å². The van der Waals surface area contributed by atoms with Gasteiger partial charge in [0.2, 0.25) is 23.3 Å². The summed E-state index contributed by atoms with van der Waals surface area (Å²) in [6.07, 6.45) is -14.2. The first kappa shape index (κ1) is 60.5. The van der Waals surface area contributed by atoms with Crippen molar-refractivity contribution < 1.29 is 114 Å². The third kappa shape index (κ3) is 16.7. The van der Waals surface area contributed by atoms with Crippen molar-refractivity contribution in [2.75, 3.05) is 20.3 Å². The van der Waals surface area contributed by atoms with E-state index in [-0.39, 0.29) is 33.5 Å². The SMILES string of the molecule is C=[N+](c1ccc2c(-c3ccccc3C(=O)O)c3cc/c(=[N+](/C)C(OC(C)=O)C(OC(C)=O)C(OC(C)=O)C(COC(C)=O)OC(C)=O)cc-3oc2c1)C(OC(C)=O)C(OC(C)=O)C(OC(C)=O)C(COC(C)=O)OC(C)=O. The summed E-state index contributed by atoms with van der Waals surface area (Å²) in [6.45, 7) is 12.8. The molecule has 8 unspecified atom stereocenters. The second-order valence-corrected chi connectivity index (χ2v) is 17.0. The second-order valence-electron chi connectivity index (χ2n) is 17.0. The molecule has 2 aromatic carbocycles. The standard InChI is InChI=1S/C52H57N2O23/c1-25(55)67-23-43(69-27(3)57)46(71-29(5)59)48(73-31(7)61)50(75-33(9)63)53(11)35-17-19-39-41(21-35)77-42-22-36(18-20-40(42)45(39)37-15-13-14-16-38(37)52(65)66)54(12)51(76-34(10)64)49(74-32(8)62)47(72-30(6)60)44(70-28(4)58)24-68-26(2)56/h13-22,43-44,46-51H,11,23-24H2,1-10,12H3/q+1/p+1/b54-36+. The van der Waals surface area contributed by atoms with Gasteiger partial charge in [0.1, 0.15) is 38.3 Å². The Morgan fingerprint density at radius 2 is 0.948 bits per heavy atom. The zero-order valence-electron chi connectivity index (χ0n) is 43.8. The van der Waals surface area contributed by atoms with Gasteiger partial charge in [-0.05, 0) is 23.8 Å². The molecule has 412 valence electrons. The highest BCUT2D eigenvalue weighted by Crippen LogP contribution is 2.42. The number of benzene rings is 3. The van der Waals surface area contributed by atoms with Crippen LogP contribution >= 0.6 is 0 Å². The highest BCUT2D eigenvalue weighted by Gasteiger charge is 2.50. The number of carbonyl (C=O) groups is 11. The van der Waals surface area contributed by atoms with Gasteiger partial charge in [-0.3, -0.25) is 47.9 Å². The van der Waals surface area contributed by atoms with Crippen molar-refractivity contribution in [2.45, 2.75) is 118 Å². The smallest absolute Gasteiger partial charge is 0.345 e. The fourth-order valence-electron chi connectivity index (χ4n) is 8.02. The number of rotatable bonds is 23. The minimum absolute atomic E-state index is 0.00705. The van der Waals surface area contributed by atoms with Crippen molar-refractivity contribution >= 4 is 89.0 Å². The Bertz CT molecular complexity index is 3010. The Hall–Kier alpha value is -9.03. The summed E-state index contributed by atoms with van der Waals surface area (Å²) in [7, 11) is 1.39. The van der Waals surface area contributed by atoms with Crippen LogP contribution < -0.4 is 9.93 Å². The third-order valence-corrected chi connectivity index (χ3v) is 10.8. The molecule has 0 saturated heterocycles. The maximum Gasteiger partial charge on any atom is 0.345 e. The molecule has 25 heteroatoms. The first-order valence-electron chi connectivity index (χ1n) is 23.2. The molecular weight excluding hydrogens is 1020 g/mol. The van der Waals surface area contributed by atoms with Gasteiger partial charge >= 0.3 is 78.1 Å². The summed E-state index contributed by atoms with van der Waals surface area (Å²) < 4.78 is 63.7. The number of fused-ring (bicyclic) bond motifs is 2. The van der Waals surface area contributed by atoms with Crippen LogP contribution in [0.4, 0.5) is 5.69 Å². The lowest BCUT2D eigenvalue weighted by atomic mass is 9.90. The highest BCUT2D eigenvalue weighted by molar-refractivity contribution is 6.07. The van der Waals surface area contributed by atoms with Gasteiger partial charge < -0.3 is 56.9 Å². The molecule has 1 N–H and O–H groups in total. The Morgan fingerprint density at radius 1 is 0.506 bits per heavy atom. The molecule has 0 spiro atoms. The second kappa shape index (κ2) is 27.0. The molecule has 2 aliphatic rings. The zero-order valence-corrected chi connectivity index (χ0v) is 43.8. The number of carbonyl (C=O) groups excluding carboxylic acids is 10. The van der Waals surface area contributed by atoms with Gasteiger partial charge in [0, 0.05) is 97.9 Å². The van der Waals surface area contributed by atoms with E-state index in [2.05, 4.69) is 6.72 Å². The molecule has 8 atom stereocenters. The number of carboxylic acids is 1. The van der Waals surface area contributed by atoms with Crippen LogP contribution in [0.5, 0.6) is 0 Å². The average Bonchev–Trinajstić information content (AvgIpc) is 3.33. The monoisotopic (exact) mass is 1080 g/mol. The molecule has 0 fully saturated rings. The number of likely N-dealkylation sites (N-methyl/N-ethyl adjacent to an activating group) is 1. The summed E-state index contributed by atoms with van der Waals surface area (Å²) in [5.41, 5.74) is 0.698. The predicted octanol–water partition coefficient (Wildman–Crippen LogP) is 3.14. The molecule has 4 rings (SSSR count). The third-order valence-electron chi connectivity index (χ3n) is 10.8. The van der Waals surface area contributed by atoms with Crippen LogP contribution in [0.15, 0.2) is 65.1 Å². The lowest BCUT2D eigenvalue weighted by molar-refractivity contribution is -0.544. The topological polar surface area (TPSA) is 319 Å². The molecule has 0 amide bonds. The van der Waals surface area contributed by atoms with Crippen molar-refractivity contribution in [1.29, 1.82) is 0 Å². The van der Waals surface area contributed by atoms with E-state index in [1.165, 1.54) is 54.1 Å². The lowest BCUT2D eigenvalue weighted by Gasteiger charge is -2.33. The molecule has 0 aromatic heterocycles. The Kier molecular flexibility index (Phi) is 21.2. The van der Waals surface area contributed by atoms with Gasteiger partial charge in [0.05, 0.1) is 17.7 Å². The Balaban J connectivity index is 2.14. The number of ether oxygens (including phenoxy) is 10. The molecular formula is C52H58N2O23+2. The quantitative estimate of drug-likeness (QED) is 0.0278. The number of aromatic carboxylic acids is 1. The normalized spacial score (nSPS) is 14.5. The lowest BCUT2D eigenvalue weighted by Crippen LogP contribution is -2.58. The molecule has 1 aliphatic heterocycles. The maximum absolute atomic E-state index is 12.9. The van der Waals surface area contributed by atoms with Gasteiger partial charge in [-0.15, -0.1) is 0 Å². The van der Waals surface area contributed by atoms with Crippen LogP contribution in [0, 0.1) is 0 Å². The summed E-state index contributed by atoms with van der Waals surface area (Å²) in [5.74, 6) is -10.6. The van der Waals surface area contributed by atoms with Crippen LogP contribution in [0.3, 0.4) is 0 Å². The van der Waals surface area contributed by atoms with Gasteiger partial charge in [0.25, 0.3) is 0 Å². The fraction of sp³-hybridized carbons (Fsp3) is 0.404. The summed E-state index contributed by atoms with van der Waals surface area (Å²) in [5, 5.41) is 10.9. The van der Waals surface area contributed by atoms with Gasteiger partial charge in [-0.1, -0.05) is 18.2 Å². The first-order chi connectivity index (χ1) is 36.1. The van der Waals surface area contributed by atoms with Crippen LogP contribution in [0.25, 0.3) is 33.4 Å². The van der Waals surface area contributed by atoms with Gasteiger partial charge in [-0.25, -0.2) is 4.79 Å². The van der Waals surface area contributed by atoms with Gasteiger partial charge in [-0.2, -0.15) is 9.15 Å². The average molecular weight is 1080 g/mol. The van der Waals surface area contributed by atoms with E-state index in [1.807, 2.05) is 0 Å². The van der Waals surface area contributed by atoms with Crippen LogP contribution in [0.1, 0.15) is 79.6 Å². The molecule has 77 heavy (non-hydrogen) atoms. The summed E-state index contributed by atoms with van der Waals surface area (Å²) in [6, 6.07) is 14.9. The largest absolute Gasteiger partial charge is 0.478 e. The van der Waals surface area contributed by atoms with E-state index in [1.54, 1.807) is 18.2 Å². The van der Waals surface area contributed by atoms with E-state index in [9.17, 15) is 57.8 Å². The van der Waals surface area contributed by atoms with E-state index < -0.39 is 128 Å². The molecule has 25 nitrogen and oxygen atoms in total. The molecule has 0 radical (unpaired) electrons. The Labute approximate surface area is 439 Å². The highest BCUT2D eigenvalue weighted by atomic mass is 16.7. The number of hydrogen-bond acceptors (Lipinski definition) is 22. The van der Waals surface area contributed by atoms with Crippen LogP contribution in [-0.2, 0) is 95.3 Å². The zero-order chi connectivity index (χ0) is 57.6. The van der Waals surface area contributed by atoms with Crippen molar-refractivity contribution in [3.05, 3.63) is 71.6 Å². The van der Waals surface area contributed by atoms with Crippen molar-refractivity contribution in [2.24, 2.45) is 0 Å². The van der Waals surface area contributed by atoms with Crippen molar-refractivity contribution in [3.63, 3.8) is 0 Å². The van der Waals surface area contributed by atoms with E-state index in [4.69, 9.17) is 51.8 Å². The van der Waals surface area contributed by atoms with Crippen LogP contribution in [-0.4, -0.2) is 151 Å². The molecule has 1 aliphatic carbocycles. The molecule has 1 heterocycles. The van der Waals surface area contributed by atoms with E-state index >= 15 is 0 Å². The minimum Gasteiger partial charge on any atom is -0.478 e. The molecule has 2 aromatic rings. The predicted molar refractivity (Wildman–Crippen MR) is 261 cm³/mol. The number of nitrogens with zero attached hydrogens (tertiary/aromatic N) is 2. The minimum atomic E-state index is -1.88. The number of carboxylic acid groups (broad SMARTS) is 1. The Morgan fingerprint density at radius 3 is 1.40 bits per heavy atom. The summed E-state index contributed by atoms with van der Waals surface area (Å²) in [4.78, 5) is 138. The first-order valence-corrected chi connectivity index (χ1v) is 23.2. The molecule has 0 saturated carbocycles.